The van der Waals surface area contributed by atoms with Gasteiger partial charge < -0.3 is 18.6 Å². The Bertz CT molecular complexity index is 3360. The van der Waals surface area contributed by atoms with Crippen molar-refractivity contribution in [2.75, 3.05) is 9.80 Å². The summed E-state index contributed by atoms with van der Waals surface area (Å²) in [5, 5.41) is 8.79. The molecule has 4 heteroatoms. The molecule has 0 saturated carbocycles. The third-order valence-corrected chi connectivity index (χ3v) is 12.2. The van der Waals surface area contributed by atoms with E-state index in [2.05, 4.69) is 214 Å². The summed E-state index contributed by atoms with van der Waals surface area (Å²) >= 11 is 0. The molecule has 0 saturated heterocycles. The van der Waals surface area contributed by atoms with E-state index in [0.29, 0.717) is 5.92 Å². The number of hydrogen-bond acceptors (Lipinski definition) is 4. The number of nitrogens with zero attached hydrogens (tertiary/aromatic N) is 2. The van der Waals surface area contributed by atoms with Gasteiger partial charge in [0.15, 0.2) is 11.2 Å². The van der Waals surface area contributed by atoms with E-state index >= 15 is 0 Å². The molecule has 290 valence electrons. The Morgan fingerprint density at radius 3 is 1.05 bits per heavy atom. The van der Waals surface area contributed by atoms with Gasteiger partial charge in [0, 0.05) is 55.7 Å². The van der Waals surface area contributed by atoms with Crippen molar-refractivity contribution >= 4 is 99.5 Å². The zero-order valence-corrected chi connectivity index (χ0v) is 34.5. The van der Waals surface area contributed by atoms with Crippen molar-refractivity contribution in [3.8, 4) is 0 Å². The minimum atomic E-state index is 0.471. The van der Waals surface area contributed by atoms with Crippen molar-refractivity contribution in [1.29, 1.82) is 0 Å². The van der Waals surface area contributed by atoms with Crippen LogP contribution in [0.4, 0.5) is 34.1 Å². The van der Waals surface area contributed by atoms with Crippen LogP contribution < -0.4 is 9.80 Å². The van der Waals surface area contributed by atoms with Crippen LogP contribution in [0.1, 0.15) is 42.0 Å². The van der Waals surface area contributed by atoms with Crippen LogP contribution in [0.5, 0.6) is 0 Å². The molecule has 0 aliphatic carbocycles. The summed E-state index contributed by atoms with van der Waals surface area (Å²) in [5.41, 5.74) is 14.9. The lowest BCUT2D eigenvalue weighted by molar-refractivity contribution is 0.634. The Morgan fingerprint density at radius 2 is 0.683 bits per heavy atom. The molecule has 2 heterocycles. The lowest BCUT2D eigenvalue weighted by atomic mass is 10.0. The first-order chi connectivity index (χ1) is 29.2. The van der Waals surface area contributed by atoms with E-state index in [-0.39, 0.29) is 0 Å². The molecule has 0 aliphatic rings. The van der Waals surface area contributed by atoms with Crippen LogP contribution in [0.2, 0.25) is 0 Å². The molecule has 0 amide bonds. The van der Waals surface area contributed by atoms with Crippen molar-refractivity contribution < 1.29 is 8.83 Å². The molecular weight excluding hydrogens is 733 g/mol. The second-order valence-corrected chi connectivity index (χ2v) is 16.7. The Balaban J connectivity index is 1.01. The van der Waals surface area contributed by atoms with E-state index in [1.54, 1.807) is 0 Å². The van der Waals surface area contributed by atoms with E-state index < -0.39 is 0 Å². The van der Waals surface area contributed by atoms with Crippen LogP contribution in [-0.2, 0) is 0 Å². The van der Waals surface area contributed by atoms with E-state index in [9.17, 15) is 0 Å². The minimum absolute atomic E-state index is 0.471. The number of benzene rings is 9. The maximum absolute atomic E-state index is 6.77. The lowest BCUT2D eigenvalue weighted by Gasteiger charge is -2.26. The topological polar surface area (TPSA) is 32.8 Å². The fraction of sp³-hybridized carbons (Fsp3) is 0.107. The fourth-order valence-electron chi connectivity index (χ4n) is 8.79. The second kappa shape index (κ2) is 13.9. The van der Waals surface area contributed by atoms with Crippen LogP contribution in [0.25, 0.3) is 65.4 Å². The molecule has 4 nitrogen and oxygen atoms in total. The van der Waals surface area contributed by atoms with Gasteiger partial charge in [-0.15, -0.1) is 0 Å². The zero-order chi connectivity index (χ0) is 40.6. The molecular formula is C56H44N2O2. The van der Waals surface area contributed by atoms with Gasteiger partial charge in [-0.1, -0.05) is 91.2 Å². The highest BCUT2D eigenvalue weighted by molar-refractivity contribution is 6.21. The van der Waals surface area contributed by atoms with Gasteiger partial charge in [0.05, 0.1) is 0 Å². The van der Waals surface area contributed by atoms with Crippen molar-refractivity contribution in [2.45, 2.75) is 40.5 Å². The van der Waals surface area contributed by atoms with Crippen LogP contribution in [0, 0.1) is 20.8 Å². The number of aryl methyl sites for hydroxylation is 3. The number of fused-ring (bicyclic) bond motifs is 9. The molecule has 0 spiro atoms. The van der Waals surface area contributed by atoms with Gasteiger partial charge in [0.25, 0.3) is 0 Å². The summed E-state index contributed by atoms with van der Waals surface area (Å²) in [6, 6.07) is 61.8. The number of furan rings is 2. The quantitative estimate of drug-likeness (QED) is 0.161. The summed E-state index contributed by atoms with van der Waals surface area (Å²) in [6.45, 7) is 10.9. The lowest BCUT2D eigenvalue weighted by Crippen LogP contribution is -2.10. The first-order valence-electron chi connectivity index (χ1n) is 20.8. The Labute approximate surface area is 349 Å². The number of anilines is 6. The fourth-order valence-corrected chi connectivity index (χ4v) is 8.79. The first kappa shape index (κ1) is 35.8. The molecule has 9 aromatic carbocycles. The van der Waals surface area contributed by atoms with Crippen LogP contribution in [0.15, 0.2) is 179 Å². The molecule has 2 aromatic heterocycles. The normalized spacial score (nSPS) is 11.9. The zero-order valence-electron chi connectivity index (χ0n) is 34.5. The minimum Gasteiger partial charge on any atom is -0.452 e. The second-order valence-electron chi connectivity index (χ2n) is 16.7. The van der Waals surface area contributed by atoms with Crippen LogP contribution >= 0.6 is 0 Å². The van der Waals surface area contributed by atoms with Crippen molar-refractivity contribution in [2.24, 2.45) is 0 Å². The number of hydrogen-bond donors (Lipinski definition) is 0. The molecule has 0 aliphatic heterocycles. The average molecular weight is 777 g/mol. The third-order valence-electron chi connectivity index (χ3n) is 12.2. The molecule has 0 unspecified atom stereocenters. The Hall–Kier alpha value is -7.30. The predicted octanol–water partition coefficient (Wildman–Crippen LogP) is 16.8. The molecule has 11 rings (SSSR count). The van der Waals surface area contributed by atoms with E-state index in [1.165, 1.54) is 22.3 Å². The Morgan fingerprint density at radius 1 is 0.333 bits per heavy atom. The average Bonchev–Trinajstić information content (AvgIpc) is 3.81. The van der Waals surface area contributed by atoms with Gasteiger partial charge in [-0.05, 0) is 163 Å². The van der Waals surface area contributed by atoms with Gasteiger partial charge >= 0.3 is 0 Å². The van der Waals surface area contributed by atoms with Crippen LogP contribution in [0.3, 0.4) is 0 Å². The predicted molar refractivity (Wildman–Crippen MR) is 254 cm³/mol. The maximum atomic E-state index is 6.77. The smallest absolute Gasteiger partial charge is 0.178 e. The molecule has 0 N–H and O–H groups in total. The summed E-state index contributed by atoms with van der Waals surface area (Å²) < 4.78 is 13.5. The van der Waals surface area contributed by atoms with E-state index in [1.807, 2.05) is 0 Å². The number of rotatable bonds is 7. The Kier molecular flexibility index (Phi) is 8.31. The summed E-state index contributed by atoms with van der Waals surface area (Å²) in [5.74, 6) is 0.471. The van der Waals surface area contributed by atoms with Crippen molar-refractivity contribution in [3.63, 3.8) is 0 Å². The van der Waals surface area contributed by atoms with Gasteiger partial charge in [0.1, 0.15) is 11.2 Å². The molecule has 0 fully saturated rings. The molecule has 11 aromatic rings. The molecule has 0 radical (unpaired) electrons. The van der Waals surface area contributed by atoms with Gasteiger partial charge in [-0.2, -0.15) is 0 Å². The van der Waals surface area contributed by atoms with Crippen molar-refractivity contribution in [3.05, 3.63) is 192 Å². The monoisotopic (exact) mass is 776 g/mol. The SMILES string of the molecule is Cc1ccc(N(c2ccc(C)cc2)c2ccc3cc4c(cc3c2)oc2c4ccc3c4cc5ccc(N(c6ccc(C)cc6)c6ccc(C(C)C)cc6)cc5cc4oc32)cc1. The highest BCUT2D eigenvalue weighted by Gasteiger charge is 2.20. The van der Waals surface area contributed by atoms with E-state index in [0.717, 1.165) is 99.5 Å². The maximum Gasteiger partial charge on any atom is 0.178 e. The first-order valence-corrected chi connectivity index (χ1v) is 20.8. The molecule has 60 heavy (non-hydrogen) atoms. The van der Waals surface area contributed by atoms with Crippen molar-refractivity contribution in [1.82, 2.24) is 0 Å². The van der Waals surface area contributed by atoms with E-state index in [4.69, 9.17) is 8.83 Å². The third kappa shape index (κ3) is 6.06. The largest absolute Gasteiger partial charge is 0.452 e. The van der Waals surface area contributed by atoms with Gasteiger partial charge in [-0.25, -0.2) is 0 Å². The molecule has 0 atom stereocenters. The highest BCUT2D eigenvalue weighted by atomic mass is 16.4. The standard InChI is InChI=1S/C56H44N2O2/c1-34(2)38-12-22-46(23-13-38)58(45-20-10-37(5)11-21-45)48-25-15-40-31-52-50-27-26-49-51-30-39-14-24-47(57(43-16-6-35(3)7-17-43)44-18-8-36(4)9-19-44)28-41(39)32-53(51)59-55(49)56(50)60-54(52)33-42(40)29-48/h6-34H,1-5H3. The van der Waals surface area contributed by atoms with Crippen LogP contribution in [-0.4, -0.2) is 0 Å². The summed E-state index contributed by atoms with van der Waals surface area (Å²) in [4.78, 5) is 4.65. The molecule has 0 bridgehead atoms. The van der Waals surface area contributed by atoms with Gasteiger partial charge in [0.2, 0.25) is 0 Å². The van der Waals surface area contributed by atoms with Gasteiger partial charge in [-0.3, -0.25) is 0 Å². The summed E-state index contributed by atoms with van der Waals surface area (Å²) in [7, 11) is 0. The summed E-state index contributed by atoms with van der Waals surface area (Å²) in [6.07, 6.45) is 0. The highest BCUT2D eigenvalue weighted by Crippen LogP contribution is 2.43.